The fraction of sp³-hybridized carbons (Fsp3) is 0.593. The Hall–Kier alpha value is -2.71. The lowest BCUT2D eigenvalue weighted by molar-refractivity contribution is -0.132. The molecular formula is C27H39N5O3. The lowest BCUT2D eigenvalue weighted by atomic mass is 10.1. The van der Waals surface area contributed by atoms with Gasteiger partial charge in [0.25, 0.3) is 0 Å². The fourth-order valence-electron chi connectivity index (χ4n) is 5.17. The van der Waals surface area contributed by atoms with Gasteiger partial charge in [-0.3, -0.25) is 19.2 Å². The van der Waals surface area contributed by atoms with Crippen LogP contribution in [-0.4, -0.2) is 81.7 Å². The number of nitrogens with zero attached hydrogens (tertiary/aromatic N) is 5. The third kappa shape index (κ3) is 6.49. The average Bonchev–Trinajstić information content (AvgIpc) is 3.33. The number of likely N-dealkylation sites (tertiary alicyclic amines) is 1. The molecule has 0 spiro atoms. The van der Waals surface area contributed by atoms with Crippen molar-refractivity contribution in [2.45, 2.75) is 65.8 Å². The Bertz CT molecular complexity index is 1010. The first kappa shape index (κ1) is 25.4. The monoisotopic (exact) mass is 481 g/mol. The van der Waals surface area contributed by atoms with Gasteiger partial charge in [-0.2, -0.15) is 5.10 Å². The Balaban J connectivity index is 1.44. The van der Waals surface area contributed by atoms with Crippen LogP contribution in [0.4, 0.5) is 0 Å². The van der Waals surface area contributed by atoms with Gasteiger partial charge in [0.2, 0.25) is 11.8 Å². The molecule has 1 unspecified atom stereocenters. The highest BCUT2D eigenvalue weighted by Crippen LogP contribution is 2.19. The van der Waals surface area contributed by atoms with Crippen LogP contribution in [0.25, 0.3) is 0 Å². The van der Waals surface area contributed by atoms with Gasteiger partial charge in [-0.1, -0.05) is 30.3 Å². The van der Waals surface area contributed by atoms with E-state index < -0.39 is 0 Å². The molecule has 8 heteroatoms. The Morgan fingerprint density at radius 1 is 1.03 bits per heavy atom. The van der Waals surface area contributed by atoms with Crippen molar-refractivity contribution < 1.29 is 14.3 Å². The van der Waals surface area contributed by atoms with Gasteiger partial charge >= 0.3 is 0 Å². The smallest absolute Gasteiger partial charge is 0.236 e. The molecule has 0 radical (unpaired) electrons. The van der Waals surface area contributed by atoms with Crippen molar-refractivity contribution in [3.8, 4) is 0 Å². The maximum Gasteiger partial charge on any atom is 0.236 e. The predicted octanol–water partition coefficient (Wildman–Crippen LogP) is 2.76. The standard InChI is InChI=1S/C27H39N5O3/c1-4-32-22(3)25(21(2)28-32)18-29-16-24(35-20-23-10-6-5-7-11-23)17-31(27(34)19-29)15-9-14-30-13-8-12-26(30)33/h5-7,10-11,24H,4,8-9,12-20H2,1-3H3. The average molecular weight is 482 g/mol. The second-order valence-corrected chi connectivity index (χ2v) is 9.73. The molecule has 1 aromatic carbocycles. The molecule has 190 valence electrons. The molecule has 0 bridgehead atoms. The molecular weight excluding hydrogens is 442 g/mol. The van der Waals surface area contributed by atoms with Gasteiger partial charge in [0, 0.05) is 63.5 Å². The van der Waals surface area contributed by atoms with Crippen molar-refractivity contribution in [1.29, 1.82) is 0 Å². The van der Waals surface area contributed by atoms with Crippen molar-refractivity contribution in [2.75, 3.05) is 39.3 Å². The van der Waals surface area contributed by atoms with Crippen LogP contribution < -0.4 is 0 Å². The highest BCUT2D eigenvalue weighted by molar-refractivity contribution is 5.79. The Labute approximate surface area is 208 Å². The molecule has 2 aliphatic heterocycles. The van der Waals surface area contributed by atoms with E-state index in [0.29, 0.717) is 45.8 Å². The summed E-state index contributed by atoms with van der Waals surface area (Å²) in [7, 11) is 0. The van der Waals surface area contributed by atoms with Gasteiger partial charge in [-0.15, -0.1) is 0 Å². The summed E-state index contributed by atoms with van der Waals surface area (Å²) in [4.78, 5) is 31.3. The van der Waals surface area contributed by atoms with E-state index in [2.05, 4.69) is 36.0 Å². The normalized spacial score (nSPS) is 19.6. The minimum absolute atomic E-state index is 0.0862. The van der Waals surface area contributed by atoms with Gasteiger partial charge in [0.1, 0.15) is 0 Å². The molecule has 1 aromatic heterocycles. The van der Waals surface area contributed by atoms with Crippen LogP contribution >= 0.6 is 0 Å². The quantitative estimate of drug-likeness (QED) is 0.522. The van der Waals surface area contributed by atoms with Crippen LogP contribution in [0.3, 0.4) is 0 Å². The zero-order valence-corrected chi connectivity index (χ0v) is 21.4. The van der Waals surface area contributed by atoms with Gasteiger partial charge in [-0.05, 0) is 39.2 Å². The number of ether oxygens (including phenoxy) is 1. The van der Waals surface area contributed by atoms with E-state index in [1.807, 2.05) is 39.6 Å². The van der Waals surface area contributed by atoms with Crippen LogP contribution in [0.1, 0.15) is 48.7 Å². The maximum absolute atomic E-state index is 13.3. The van der Waals surface area contributed by atoms with Gasteiger partial charge in [0.15, 0.2) is 0 Å². The zero-order valence-electron chi connectivity index (χ0n) is 21.4. The molecule has 2 saturated heterocycles. The SMILES string of the molecule is CCn1nc(C)c(CN2CC(=O)N(CCCN3CCCC3=O)CC(OCc3ccccc3)C2)c1C. The minimum atomic E-state index is -0.0862. The van der Waals surface area contributed by atoms with Gasteiger partial charge in [-0.25, -0.2) is 0 Å². The molecule has 2 aliphatic rings. The molecule has 0 aliphatic carbocycles. The van der Waals surface area contributed by atoms with E-state index >= 15 is 0 Å². The number of hydrogen-bond donors (Lipinski definition) is 0. The van der Waals surface area contributed by atoms with Crippen LogP contribution in [0.2, 0.25) is 0 Å². The highest BCUT2D eigenvalue weighted by Gasteiger charge is 2.30. The van der Waals surface area contributed by atoms with Crippen LogP contribution in [0, 0.1) is 13.8 Å². The van der Waals surface area contributed by atoms with E-state index in [4.69, 9.17) is 4.74 Å². The molecule has 2 fully saturated rings. The van der Waals surface area contributed by atoms with E-state index in [0.717, 1.165) is 49.4 Å². The number of rotatable bonds is 10. The predicted molar refractivity (Wildman–Crippen MR) is 135 cm³/mol. The Kier molecular flexibility index (Phi) is 8.57. The molecule has 2 aromatic rings. The number of benzene rings is 1. The maximum atomic E-state index is 13.3. The molecule has 1 atom stereocenters. The first-order valence-electron chi connectivity index (χ1n) is 12.9. The molecule has 2 amide bonds. The first-order valence-corrected chi connectivity index (χ1v) is 12.9. The summed E-state index contributed by atoms with van der Waals surface area (Å²) >= 11 is 0. The number of carbonyl (C=O) groups excluding carboxylic acids is 2. The molecule has 8 nitrogen and oxygen atoms in total. The minimum Gasteiger partial charge on any atom is -0.370 e. The number of carbonyl (C=O) groups is 2. The van der Waals surface area contributed by atoms with E-state index in [1.165, 1.54) is 5.56 Å². The summed E-state index contributed by atoms with van der Waals surface area (Å²) in [6, 6.07) is 10.2. The summed E-state index contributed by atoms with van der Waals surface area (Å²) in [6.07, 6.45) is 2.31. The van der Waals surface area contributed by atoms with Crippen molar-refractivity contribution in [1.82, 2.24) is 24.5 Å². The molecule has 35 heavy (non-hydrogen) atoms. The van der Waals surface area contributed by atoms with Crippen LogP contribution in [-0.2, 0) is 34.0 Å². The van der Waals surface area contributed by atoms with Crippen LogP contribution in [0.5, 0.6) is 0 Å². The summed E-state index contributed by atoms with van der Waals surface area (Å²) in [5.41, 5.74) is 4.51. The van der Waals surface area contributed by atoms with Gasteiger partial charge < -0.3 is 14.5 Å². The highest BCUT2D eigenvalue weighted by atomic mass is 16.5. The van der Waals surface area contributed by atoms with Crippen molar-refractivity contribution in [3.63, 3.8) is 0 Å². The number of amides is 2. The zero-order chi connectivity index (χ0) is 24.8. The lowest BCUT2D eigenvalue weighted by Gasteiger charge is -2.26. The van der Waals surface area contributed by atoms with E-state index in [9.17, 15) is 9.59 Å². The van der Waals surface area contributed by atoms with Crippen LogP contribution in [0.15, 0.2) is 30.3 Å². The van der Waals surface area contributed by atoms with E-state index in [-0.39, 0.29) is 17.9 Å². The van der Waals surface area contributed by atoms with Crippen molar-refractivity contribution in [2.24, 2.45) is 0 Å². The summed E-state index contributed by atoms with van der Waals surface area (Å²) in [5, 5.41) is 4.66. The summed E-state index contributed by atoms with van der Waals surface area (Å²) in [5.74, 6) is 0.363. The third-order valence-electron chi connectivity index (χ3n) is 7.17. The first-order chi connectivity index (χ1) is 16.9. The number of aromatic nitrogens is 2. The second kappa shape index (κ2) is 11.8. The lowest BCUT2D eigenvalue weighted by Crippen LogP contribution is -2.39. The summed E-state index contributed by atoms with van der Waals surface area (Å²) in [6.45, 7) is 12.1. The topological polar surface area (TPSA) is 70.9 Å². The Morgan fingerprint density at radius 3 is 2.49 bits per heavy atom. The largest absolute Gasteiger partial charge is 0.370 e. The third-order valence-corrected chi connectivity index (χ3v) is 7.17. The molecule has 0 N–H and O–H groups in total. The number of hydrogen-bond acceptors (Lipinski definition) is 5. The molecule has 3 heterocycles. The van der Waals surface area contributed by atoms with Crippen molar-refractivity contribution >= 4 is 11.8 Å². The molecule has 0 saturated carbocycles. The van der Waals surface area contributed by atoms with E-state index in [1.54, 1.807) is 0 Å². The number of aryl methyl sites for hydroxylation is 2. The molecule has 4 rings (SSSR count). The Morgan fingerprint density at radius 2 is 1.80 bits per heavy atom. The van der Waals surface area contributed by atoms with Gasteiger partial charge in [0.05, 0.1) is 24.9 Å². The summed E-state index contributed by atoms with van der Waals surface area (Å²) < 4.78 is 8.39. The fourth-order valence-corrected chi connectivity index (χ4v) is 5.17. The second-order valence-electron chi connectivity index (χ2n) is 9.73. The van der Waals surface area contributed by atoms with Crippen molar-refractivity contribution in [3.05, 3.63) is 52.8 Å².